The van der Waals surface area contributed by atoms with Crippen LogP contribution >= 0.6 is 0 Å². The molecule has 0 heterocycles. The molecule has 0 aromatic heterocycles. The van der Waals surface area contributed by atoms with Crippen molar-refractivity contribution in [1.29, 1.82) is 0 Å². The predicted molar refractivity (Wildman–Crippen MR) is 108 cm³/mol. The van der Waals surface area contributed by atoms with E-state index in [1.54, 1.807) is 0 Å². The zero-order chi connectivity index (χ0) is 18.5. The zero-order valence-electron chi connectivity index (χ0n) is 17.0. The van der Waals surface area contributed by atoms with E-state index in [1.807, 2.05) is 20.8 Å². The Morgan fingerprint density at radius 1 is 0.958 bits per heavy atom. The van der Waals surface area contributed by atoms with E-state index in [2.05, 4.69) is 36.3 Å². The van der Waals surface area contributed by atoms with Gasteiger partial charge < -0.3 is 0 Å². The van der Waals surface area contributed by atoms with Crippen LogP contribution in [0.15, 0.2) is 10.2 Å². The fourth-order valence-electron chi connectivity index (χ4n) is 2.98. The summed E-state index contributed by atoms with van der Waals surface area (Å²) < 4.78 is 12.3. The Morgan fingerprint density at radius 3 is 1.79 bits per heavy atom. The molecule has 0 aromatic rings. The van der Waals surface area contributed by atoms with Crippen LogP contribution in [0.25, 0.3) is 0 Å². The van der Waals surface area contributed by atoms with Gasteiger partial charge in [0, 0.05) is 0 Å². The Morgan fingerprint density at radius 2 is 1.42 bits per heavy atom. The van der Waals surface area contributed by atoms with E-state index >= 15 is 0 Å². The van der Waals surface area contributed by atoms with Crippen LogP contribution in [0, 0.1) is 0 Å². The van der Waals surface area contributed by atoms with Gasteiger partial charge in [0.25, 0.3) is 0 Å². The van der Waals surface area contributed by atoms with Gasteiger partial charge in [-0.1, -0.05) is 0 Å². The molecule has 0 aliphatic heterocycles. The summed E-state index contributed by atoms with van der Waals surface area (Å²) in [6, 6.07) is 0. The normalized spacial score (nSPS) is 12.6. The summed E-state index contributed by atoms with van der Waals surface area (Å²) >= 11 is -2.20. The van der Waals surface area contributed by atoms with Gasteiger partial charge in [-0.05, 0) is 0 Å². The van der Waals surface area contributed by atoms with Crippen LogP contribution in [0.5, 0.6) is 0 Å². The SMILES string of the molecule is CCC[CH2][Sn](/[CH]=C/CNC(=O)OC(C)(C)C)([CH2]CCC)[CH2]CCC. The molecule has 0 saturated carbocycles. The van der Waals surface area contributed by atoms with Crippen molar-refractivity contribution < 1.29 is 9.53 Å². The first kappa shape index (κ1) is 23.8. The van der Waals surface area contributed by atoms with E-state index in [0.29, 0.717) is 6.54 Å². The van der Waals surface area contributed by atoms with E-state index in [0.717, 1.165) is 0 Å². The van der Waals surface area contributed by atoms with Crippen LogP contribution in [0.2, 0.25) is 13.3 Å². The van der Waals surface area contributed by atoms with Crippen LogP contribution in [0.3, 0.4) is 0 Å². The van der Waals surface area contributed by atoms with Gasteiger partial charge >= 0.3 is 155 Å². The number of ether oxygens (including phenoxy) is 1. The number of hydrogen-bond donors (Lipinski definition) is 1. The standard InChI is InChI=1S/C8H14NO2.3C4H9.Sn/c1-5-6-9-7(10)11-8(2,3)4;3*1-3-4-2;/h1,5H,6H2,2-4H3,(H,9,10);3*1,3-4H2,2H3;. The molecule has 1 N–H and O–H groups in total. The number of carbonyl (C=O) groups is 1. The first-order chi connectivity index (χ1) is 11.3. The Balaban J connectivity index is 4.71. The molecule has 0 spiro atoms. The quantitative estimate of drug-likeness (QED) is 0.350. The van der Waals surface area contributed by atoms with Crippen LogP contribution in [-0.4, -0.2) is 36.6 Å². The third-order valence-electron chi connectivity index (χ3n) is 4.32. The van der Waals surface area contributed by atoms with Gasteiger partial charge in [-0.2, -0.15) is 0 Å². The van der Waals surface area contributed by atoms with Gasteiger partial charge in [-0.3, -0.25) is 0 Å². The maximum atomic E-state index is 11.7. The predicted octanol–water partition coefficient (Wildman–Crippen LogP) is 6.46. The first-order valence-corrected chi connectivity index (χ1v) is 17.6. The second kappa shape index (κ2) is 13.1. The zero-order valence-corrected chi connectivity index (χ0v) is 19.9. The average Bonchev–Trinajstić information content (AvgIpc) is 2.50. The molecule has 24 heavy (non-hydrogen) atoms. The van der Waals surface area contributed by atoms with Crippen molar-refractivity contribution in [3.05, 3.63) is 10.2 Å². The van der Waals surface area contributed by atoms with Gasteiger partial charge in [-0.25, -0.2) is 0 Å². The van der Waals surface area contributed by atoms with Gasteiger partial charge in [-0.15, -0.1) is 0 Å². The molecule has 0 aliphatic carbocycles. The Hall–Kier alpha value is -0.191. The van der Waals surface area contributed by atoms with Crippen molar-refractivity contribution in [3.8, 4) is 0 Å². The molecule has 3 nitrogen and oxygen atoms in total. The molecule has 0 saturated heterocycles. The van der Waals surface area contributed by atoms with Crippen molar-refractivity contribution in [1.82, 2.24) is 5.32 Å². The summed E-state index contributed by atoms with van der Waals surface area (Å²) in [5, 5.41) is 2.87. The fraction of sp³-hybridized carbons (Fsp3) is 0.850. The van der Waals surface area contributed by atoms with E-state index in [9.17, 15) is 4.79 Å². The summed E-state index contributed by atoms with van der Waals surface area (Å²) in [6.45, 7) is 13.2. The summed E-state index contributed by atoms with van der Waals surface area (Å²) in [5.41, 5.74) is -0.430. The van der Waals surface area contributed by atoms with Crippen LogP contribution in [0.1, 0.15) is 80.1 Å². The first-order valence-electron chi connectivity index (χ1n) is 9.93. The van der Waals surface area contributed by atoms with Crippen molar-refractivity contribution in [2.75, 3.05) is 6.54 Å². The number of alkyl carbamates (subject to hydrolysis) is 1. The van der Waals surface area contributed by atoms with Gasteiger partial charge in [0.15, 0.2) is 0 Å². The van der Waals surface area contributed by atoms with Gasteiger partial charge in [0.1, 0.15) is 0 Å². The van der Waals surface area contributed by atoms with Crippen molar-refractivity contribution >= 4 is 24.5 Å². The van der Waals surface area contributed by atoms with Gasteiger partial charge in [0.2, 0.25) is 0 Å². The number of carbonyl (C=O) groups excluding carboxylic acids is 1. The minimum absolute atomic E-state index is 0.316. The Bertz CT molecular complexity index is 339. The van der Waals surface area contributed by atoms with Crippen LogP contribution < -0.4 is 5.32 Å². The molecule has 0 aromatic carbocycles. The minimum atomic E-state index is -2.20. The van der Waals surface area contributed by atoms with Crippen molar-refractivity contribution in [2.45, 2.75) is 99.0 Å². The molecule has 0 fully saturated rings. The number of nitrogens with one attached hydrogen (secondary N) is 1. The van der Waals surface area contributed by atoms with E-state index < -0.39 is 24.0 Å². The fourth-order valence-corrected chi connectivity index (χ4v) is 17.4. The molecule has 0 bridgehead atoms. The second-order valence-corrected chi connectivity index (χ2v) is 21.0. The molecular formula is C20H41NO2Sn. The second-order valence-electron chi connectivity index (χ2n) is 7.96. The summed E-state index contributed by atoms with van der Waals surface area (Å²) in [7, 11) is 0. The molecule has 0 unspecified atom stereocenters. The number of amides is 1. The van der Waals surface area contributed by atoms with Crippen molar-refractivity contribution in [3.63, 3.8) is 0 Å². The maximum absolute atomic E-state index is 11.7. The Kier molecular flexibility index (Phi) is 13.0. The molecular weight excluding hydrogens is 405 g/mol. The molecule has 0 atom stereocenters. The van der Waals surface area contributed by atoms with Crippen molar-refractivity contribution in [2.24, 2.45) is 0 Å². The monoisotopic (exact) mass is 447 g/mol. The van der Waals surface area contributed by atoms with E-state index in [1.165, 1.54) is 51.8 Å². The van der Waals surface area contributed by atoms with Gasteiger partial charge in [0.05, 0.1) is 0 Å². The average molecular weight is 446 g/mol. The molecule has 0 aliphatic rings. The number of hydrogen-bond acceptors (Lipinski definition) is 2. The third kappa shape index (κ3) is 12.2. The third-order valence-corrected chi connectivity index (χ3v) is 18.6. The topological polar surface area (TPSA) is 38.3 Å². The molecule has 0 radical (unpaired) electrons. The summed E-state index contributed by atoms with van der Waals surface area (Å²) in [5.74, 6) is 0. The summed E-state index contributed by atoms with van der Waals surface area (Å²) in [6.07, 6.45) is 9.89. The van der Waals surface area contributed by atoms with Crippen LogP contribution in [0.4, 0.5) is 4.79 Å². The summed E-state index contributed by atoms with van der Waals surface area (Å²) in [4.78, 5) is 11.7. The van der Waals surface area contributed by atoms with Crippen LogP contribution in [-0.2, 0) is 4.74 Å². The molecule has 1 amide bonds. The number of unbranched alkanes of at least 4 members (excludes halogenated alkanes) is 3. The molecule has 142 valence electrons. The molecule has 0 rings (SSSR count). The van der Waals surface area contributed by atoms with E-state index in [-0.39, 0.29) is 6.09 Å². The van der Waals surface area contributed by atoms with E-state index in [4.69, 9.17) is 4.74 Å². The number of rotatable bonds is 12. The Labute approximate surface area is 154 Å². The molecule has 4 heteroatoms.